The number of nitrogens with one attached hydrogen (secondary N) is 2. The summed E-state index contributed by atoms with van der Waals surface area (Å²) in [4.78, 5) is 11.3. The number of aromatic hydroxyl groups is 1. The molecule has 0 aliphatic heterocycles. The highest BCUT2D eigenvalue weighted by Crippen LogP contribution is 2.22. The van der Waals surface area contributed by atoms with Gasteiger partial charge in [-0.05, 0) is 18.2 Å². The van der Waals surface area contributed by atoms with Crippen LogP contribution in [0, 0.1) is 0 Å². The fourth-order valence-corrected chi connectivity index (χ4v) is 2.64. The number of rotatable bonds is 5. The Bertz CT molecular complexity index is 740. The number of esters is 1. The molecule has 0 radical (unpaired) electrons. The van der Waals surface area contributed by atoms with Gasteiger partial charge >= 0.3 is 5.97 Å². The van der Waals surface area contributed by atoms with E-state index < -0.39 is 16.0 Å². The number of hydrogen-bond donors (Lipinski definition) is 3. The van der Waals surface area contributed by atoms with E-state index in [0.29, 0.717) is 5.56 Å². The van der Waals surface area contributed by atoms with Crippen LogP contribution in [0.25, 0.3) is 0 Å². The molecule has 112 valence electrons. The number of H-pyrrole nitrogens is 1. The molecule has 0 saturated carbocycles. The zero-order valence-electron chi connectivity index (χ0n) is 11.0. The number of phenolic OH excluding ortho intramolecular Hbond substituents is 1. The molecule has 1 heterocycles. The molecule has 0 bridgehead atoms. The Labute approximate surface area is 120 Å². The Hall–Kier alpha value is -2.39. The van der Waals surface area contributed by atoms with Gasteiger partial charge in [-0.15, -0.1) is 0 Å². The molecular formula is C12H13N3O5S. The van der Waals surface area contributed by atoms with Gasteiger partial charge in [0.05, 0.1) is 18.2 Å². The standard InChI is InChI=1S/C12H13N3O5S/c1-20-12(17)10-4-9(2-3-11(10)16)21(18,19)15-7-8-5-13-14-6-8/h2-6,15-16H,7H2,1H3,(H,13,14). The van der Waals surface area contributed by atoms with E-state index in [1.165, 1.54) is 12.3 Å². The summed E-state index contributed by atoms with van der Waals surface area (Å²) in [6.07, 6.45) is 3.04. The second-order valence-corrected chi connectivity index (χ2v) is 5.87. The molecule has 8 nitrogen and oxygen atoms in total. The van der Waals surface area contributed by atoms with E-state index in [1.54, 1.807) is 6.20 Å². The number of phenols is 1. The van der Waals surface area contributed by atoms with Crippen molar-refractivity contribution >= 4 is 16.0 Å². The predicted molar refractivity (Wildman–Crippen MR) is 72.1 cm³/mol. The van der Waals surface area contributed by atoms with Gasteiger partial charge in [0, 0.05) is 18.3 Å². The number of ether oxygens (including phenoxy) is 1. The van der Waals surface area contributed by atoms with E-state index in [0.717, 1.165) is 19.2 Å². The summed E-state index contributed by atoms with van der Waals surface area (Å²) in [6.45, 7) is 0.0489. The van der Waals surface area contributed by atoms with Crippen molar-refractivity contribution in [3.05, 3.63) is 41.7 Å². The van der Waals surface area contributed by atoms with Crippen LogP contribution >= 0.6 is 0 Å². The maximum atomic E-state index is 12.1. The molecule has 0 spiro atoms. The number of aromatic amines is 1. The van der Waals surface area contributed by atoms with Gasteiger partial charge < -0.3 is 9.84 Å². The first-order valence-corrected chi connectivity index (χ1v) is 7.31. The van der Waals surface area contributed by atoms with E-state index in [2.05, 4.69) is 19.7 Å². The first-order valence-electron chi connectivity index (χ1n) is 5.82. The average molecular weight is 311 g/mol. The smallest absolute Gasteiger partial charge is 0.341 e. The number of methoxy groups -OCH3 is 1. The molecule has 1 aromatic heterocycles. The summed E-state index contributed by atoms with van der Waals surface area (Å²) in [5.41, 5.74) is 0.439. The van der Waals surface area contributed by atoms with Gasteiger partial charge in [-0.3, -0.25) is 5.10 Å². The highest BCUT2D eigenvalue weighted by Gasteiger charge is 2.19. The molecular weight excluding hydrogens is 298 g/mol. The topological polar surface area (TPSA) is 121 Å². The maximum Gasteiger partial charge on any atom is 0.341 e. The molecule has 3 N–H and O–H groups in total. The summed E-state index contributed by atoms with van der Waals surface area (Å²) >= 11 is 0. The van der Waals surface area contributed by atoms with Gasteiger partial charge in [0.2, 0.25) is 10.0 Å². The van der Waals surface area contributed by atoms with Crippen molar-refractivity contribution in [1.82, 2.24) is 14.9 Å². The molecule has 1 aromatic carbocycles. The van der Waals surface area contributed by atoms with Crippen LogP contribution in [0.3, 0.4) is 0 Å². The number of nitrogens with zero attached hydrogens (tertiary/aromatic N) is 1. The summed E-state index contributed by atoms with van der Waals surface area (Å²) < 4.78 is 31.1. The Morgan fingerprint density at radius 2 is 2.24 bits per heavy atom. The molecule has 2 rings (SSSR count). The normalized spacial score (nSPS) is 11.3. The summed E-state index contributed by atoms with van der Waals surface area (Å²) in [6, 6.07) is 3.37. The lowest BCUT2D eigenvalue weighted by Gasteiger charge is -2.08. The zero-order valence-corrected chi connectivity index (χ0v) is 11.8. The predicted octanol–water partition coefficient (Wildman–Crippen LogP) is 0.380. The zero-order chi connectivity index (χ0) is 15.5. The van der Waals surface area contributed by atoms with Crippen LogP contribution in [0.4, 0.5) is 0 Å². The SMILES string of the molecule is COC(=O)c1cc(S(=O)(=O)NCc2cn[nH]c2)ccc1O. The summed E-state index contributed by atoms with van der Waals surface area (Å²) in [5.74, 6) is -1.17. The molecule has 0 aliphatic carbocycles. The number of benzene rings is 1. The minimum Gasteiger partial charge on any atom is -0.507 e. The minimum atomic E-state index is -3.83. The number of carbonyl (C=O) groups is 1. The van der Waals surface area contributed by atoms with Crippen LogP contribution in [0.15, 0.2) is 35.5 Å². The van der Waals surface area contributed by atoms with E-state index >= 15 is 0 Å². The minimum absolute atomic E-state index is 0.0489. The highest BCUT2D eigenvalue weighted by molar-refractivity contribution is 7.89. The molecule has 0 unspecified atom stereocenters. The number of aromatic nitrogens is 2. The molecule has 0 atom stereocenters. The molecule has 0 amide bonds. The Morgan fingerprint density at radius 3 is 2.86 bits per heavy atom. The first-order chi connectivity index (χ1) is 9.94. The molecule has 0 aliphatic rings. The van der Waals surface area contributed by atoms with Gasteiger partial charge in [-0.2, -0.15) is 5.10 Å². The first kappa shape index (κ1) is 15.0. The fraction of sp³-hybridized carbons (Fsp3) is 0.167. The van der Waals surface area contributed by atoms with Gasteiger partial charge in [0.25, 0.3) is 0 Å². The van der Waals surface area contributed by atoms with Crippen molar-refractivity contribution in [2.75, 3.05) is 7.11 Å². The Balaban J connectivity index is 2.25. The molecule has 9 heteroatoms. The quantitative estimate of drug-likeness (QED) is 0.686. The lowest BCUT2D eigenvalue weighted by atomic mass is 10.2. The van der Waals surface area contributed by atoms with Crippen molar-refractivity contribution in [3.8, 4) is 5.75 Å². The van der Waals surface area contributed by atoms with Crippen molar-refractivity contribution in [2.24, 2.45) is 0 Å². The van der Waals surface area contributed by atoms with E-state index in [-0.39, 0.29) is 22.8 Å². The highest BCUT2D eigenvalue weighted by atomic mass is 32.2. The van der Waals surface area contributed by atoms with Crippen LogP contribution in [0.1, 0.15) is 15.9 Å². The third-order valence-corrected chi connectivity index (χ3v) is 4.10. The number of sulfonamides is 1. The molecule has 0 saturated heterocycles. The van der Waals surface area contributed by atoms with Crippen molar-refractivity contribution < 1.29 is 23.1 Å². The Morgan fingerprint density at radius 1 is 1.48 bits per heavy atom. The van der Waals surface area contributed by atoms with Gasteiger partial charge in [-0.1, -0.05) is 0 Å². The van der Waals surface area contributed by atoms with Crippen LogP contribution in [0.2, 0.25) is 0 Å². The summed E-state index contributed by atoms with van der Waals surface area (Å²) in [7, 11) is -2.69. The monoisotopic (exact) mass is 311 g/mol. The van der Waals surface area contributed by atoms with Crippen LogP contribution < -0.4 is 4.72 Å². The van der Waals surface area contributed by atoms with Crippen LogP contribution in [0.5, 0.6) is 5.75 Å². The van der Waals surface area contributed by atoms with E-state index in [4.69, 9.17) is 0 Å². The average Bonchev–Trinajstić information content (AvgIpc) is 2.98. The van der Waals surface area contributed by atoms with Crippen molar-refractivity contribution in [1.29, 1.82) is 0 Å². The number of hydrogen-bond acceptors (Lipinski definition) is 6. The maximum absolute atomic E-state index is 12.1. The summed E-state index contributed by atoms with van der Waals surface area (Å²) in [5, 5.41) is 15.8. The third-order valence-electron chi connectivity index (χ3n) is 2.70. The second-order valence-electron chi connectivity index (χ2n) is 4.10. The van der Waals surface area contributed by atoms with E-state index in [1.807, 2.05) is 0 Å². The third kappa shape index (κ3) is 3.38. The lowest BCUT2D eigenvalue weighted by Crippen LogP contribution is -2.23. The molecule has 0 fully saturated rings. The molecule has 2 aromatic rings. The number of carbonyl (C=O) groups excluding carboxylic acids is 1. The van der Waals surface area contributed by atoms with Crippen LogP contribution in [-0.4, -0.2) is 36.8 Å². The second kappa shape index (κ2) is 5.94. The Kier molecular flexibility index (Phi) is 4.24. The molecule has 21 heavy (non-hydrogen) atoms. The van der Waals surface area contributed by atoms with Gasteiger partial charge in [-0.25, -0.2) is 17.9 Å². The van der Waals surface area contributed by atoms with Gasteiger partial charge in [0.15, 0.2) is 0 Å². The fourth-order valence-electron chi connectivity index (χ4n) is 1.59. The van der Waals surface area contributed by atoms with Crippen molar-refractivity contribution in [2.45, 2.75) is 11.4 Å². The van der Waals surface area contributed by atoms with Crippen LogP contribution in [-0.2, 0) is 21.3 Å². The van der Waals surface area contributed by atoms with Gasteiger partial charge in [0.1, 0.15) is 11.3 Å². The van der Waals surface area contributed by atoms with Crippen molar-refractivity contribution in [3.63, 3.8) is 0 Å². The van der Waals surface area contributed by atoms with E-state index in [9.17, 15) is 18.3 Å². The largest absolute Gasteiger partial charge is 0.507 e. The lowest BCUT2D eigenvalue weighted by molar-refractivity contribution is 0.0597.